The first-order valence-corrected chi connectivity index (χ1v) is 10.8. The average Bonchev–Trinajstić information content (AvgIpc) is 2.85. The molecule has 126 valence electrons. The van der Waals surface area contributed by atoms with E-state index in [1.54, 1.807) is 42.5 Å². The first-order chi connectivity index (χ1) is 11.2. The van der Waals surface area contributed by atoms with E-state index in [0.29, 0.717) is 22.5 Å². The van der Waals surface area contributed by atoms with E-state index in [0.717, 1.165) is 17.9 Å². The van der Waals surface area contributed by atoms with Gasteiger partial charge in [0, 0.05) is 10.9 Å². The van der Waals surface area contributed by atoms with Crippen LogP contribution in [0.25, 0.3) is 22.2 Å². The Morgan fingerprint density at radius 2 is 1.50 bits per heavy atom. The van der Waals surface area contributed by atoms with Crippen LogP contribution in [0.2, 0.25) is 0 Å². The van der Waals surface area contributed by atoms with Crippen LogP contribution in [0.5, 0.6) is 0 Å². The lowest BCUT2D eigenvalue weighted by Gasteiger charge is -2.13. The highest BCUT2D eigenvalue weighted by molar-refractivity contribution is 7.92. The van der Waals surface area contributed by atoms with E-state index in [4.69, 9.17) is 0 Å². The Morgan fingerprint density at radius 3 is 2.17 bits per heavy atom. The van der Waals surface area contributed by atoms with Crippen LogP contribution in [0.1, 0.15) is 0 Å². The van der Waals surface area contributed by atoms with Crippen molar-refractivity contribution in [2.75, 3.05) is 17.2 Å². The fourth-order valence-corrected chi connectivity index (χ4v) is 4.28. The molecule has 3 rings (SSSR count). The van der Waals surface area contributed by atoms with Gasteiger partial charge in [0.2, 0.25) is 20.0 Å². The number of aromatic nitrogens is 1. The number of sulfonamides is 1. The molecule has 0 bridgehead atoms. The van der Waals surface area contributed by atoms with Crippen LogP contribution in [-0.2, 0) is 20.0 Å². The van der Waals surface area contributed by atoms with Gasteiger partial charge in [-0.3, -0.25) is 4.72 Å². The van der Waals surface area contributed by atoms with E-state index in [9.17, 15) is 16.8 Å². The Hall–Kier alpha value is -2.32. The molecule has 0 aliphatic carbocycles. The maximum Gasteiger partial charge on any atom is 0.236 e. The summed E-state index contributed by atoms with van der Waals surface area (Å²) < 4.78 is 51.5. The number of nitrogens with one attached hydrogen (secondary N) is 1. The molecular weight excluding hydrogens is 348 g/mol. The molecule has 0 aliphatic heterocycles. The van der Waals surface area contributed by atoms with Gasteiger partial charge in [-0.2, -0.15) is 0 Å². The number of para-hydroxylation sites is 2. The fourth-order valence-electron chi connectivity index (χ4n) is 2.67. The molecule has 6 nitrogen and oxygen atoms in total. The van der Waals surface area contributed by atoms with Crippen molar-refractivity contribution in [2.45, 2.75) is 0 Å². The molecule has 0 amide bonds. The summed E-state index contributed by atoms with van der Waals surface area (Å²) in [6.07, 6.45) is 2.17. The van der Waals surface area contributed by atoms with E-state index in [1.165, 1.54) is 3.97 Å². The van der Waals surface area contributed by atoms with Crippen molar-refractivity contribution in [1.82, 2.24) is 3.97 Å². The summed E-state index contributed by atoms with van der Waals surface area (Å²) in [5.74, 6) is 0. The summed E-state index contributed by atoms with van der Waals surface area (Å²) in [7, 11) is -7.08. The Kier molecular flexibility index (Phi) is 3.89. The zero-order chi connectivity index (χ0) is 17.5. The topological polar surface area (TPSA) is 85.2 Å². The molecule has 0 aliphatic rings. The number of benzene rings is 2. The first kappa shape index (κ1) is 16.5. The van der Waals surface area contributed by atoms with Gasteiger partial charge in [0.15, 0.2) is 0 Å². The van der Waals surface area contributed by atoms with Crippen molar-refractivity contribution < 1.29 is 16.8 Å². The Bertz CT molecular complexity index is 1130. The highest BCUT2D eigenvalue weighted by atomic mass is 32.2. The lowest BCUT2D eigenvalue weighted by molar-refractivity contribution is 0.595. The van der Waals surface area contributed by atoms with Crippen LogP contribution >= 0.6 is 0 Å². The Morgan fingerprint density at radius 1 is 0.875 bits per heavy atom. The lowest BCUT2D eigenvalue weighted by atomic mass is 10.1. The van der Waals surface area contributed by atoms with Gasteiger partial charge in [0.1, 0.15) is 0 Å². The maximum atomic E-state index is 12.3. The van der Waals surface area contributed by atoms with Gasteiger partial charge < -0.3 is 0 Å². The minimum Gasteiger partial charge on any atom is -0.283 e. The quantitative estimate of drug-likeness (QED) is 0.771. The molecule has 1 heterocycles. The van der Waals surface area contributed by atoms with Crippen molar-refractivity contribution >= 4 is 36.6 Å². The number of hydrogen-bond donors (Lipinski definition) is 1. The largest absolute Gasteiger partial charge is 0.283 e. The van der Waals surface area contributed by atoms with E-state index in [2.05, 4.69) is 4.72 Å². The highest BCUT2D eigenvalue weighted by Gasteiger charge is 2.20. The van der Waals surface area contributed by atoms with Crippen LogP contribution in [0.15, 0.2) is 54.6 Å². The molecule has 0 atom stereocenters. The number of anilines is 1. The van der Waals surface area contributed by atoms with Gasteiger partial charge in [0.05, 0.1) is 29.4 Å². The van der Waals surface area contributed by atoms with Crippen molar-refractivity contribution in [2.24, 2.45) is 0 Å². The molecule has 0 saturated heterocycles. The first-order valence-electron chi connectivity index (χ1n) is 7.05. The van der Waals surface area contributed by atoms with Crippen molar-refractivity contribution in [3.63, 3.8) is 0 Å². The molecule has 0 spiro atoms. The standard InChI is InChI=1S/C16H16N2O4S2/c1-23(19,20)17-14-9-5-4-8-13(14)16-11-12-7-3-6-10-15(12)18(16)24(2,21)22/h3-11,17H,1-2H3. The van der Waals surface area contributed by atoms with Gasteiger partial charge in [0.25, 0.3) is 0 Å². The van der Waals surface area contributed by atoms with E-state index >= 15 is 0 Å². The molecule has 0 fully saturated rings. The van der Waals surface area contributed by atoms with Gasteiger partial charge in [-0.1, -0.05) is 36.4 Å². The van der Waals surface area contributed by atoms with Crippen molar-refractivity contribution in [3.05, 3.63) is 54.6 Å². The summed E-state index contributed by atoms with van der Waals surface area (Å²) >= 11 is 0. The molecule has 3 aromatic rings. The van der Waals surface area contributed by atoms with Gasteiger partial charge in [-0.15, -0.1) is 0 Å². The van der Waals surface area contributed by atoms with E-state index in [-0.39, 0.29) is 0 Å². The second kappa shape index (κ2) is 5.64. The molecule has 2 aromatic carbocycles. The zero-order valence-electron chi connectivity index (χ0n) is 13.1. The summed E-state index contributed by atoms with van der Waals surface area (Å²) in [5, 5.41) is 0.757. The third-order valence-corrected chi connectivity index (χ3v) is 5.14. The predicted molar refractivity (Wildman–Crippen MR) is 96.1 cm³/mol. The van der Waals surface area contributed by atoms with Gasteiger partial charge in [-0.25, -0.2) is 20.8 Å². The van der Waals surface area contributed by atoms with Crippen LogP contribution in [-0.4, -0.2) is 33.3 Å². The fraction of sp³-hybridized carbons (Fsp3) is 0.125. The molecular formula is C16H16N2O4S2. The van der Waals surface area contributed by atoms with Crippen LogP contribution in [0, 0.1) is 0 Å². The number of rotatable bonds is 4. The predicted octanol–water partition coefficient (Wildman–Crippen LogP) is 2.49. The minimum atomic E-state index is -3.59. The van der Waals surface area contributed by atoms with Crippen LogP contribution < -0.4 is 4.72 Å². The zero-order valence-corrected chi connectivity index (χ0v) is 14.7. The summed E-state index contributed by atoms with van der Waals surface area (Å²) in [5.41, 5.74) is 1.77. The summed E-state index contributed by atoms with van der Waals surface area (Å²) in [6.45, 7) is 0. The second-order valence-electron chi connectivity index (χ2n) is 5.54. The minimum absolute atomic E-state index is 0.327. The summed E-state index contributed by atoms with van der Waals surface area (Å²) in [4.78, 5) is 0. The summed E-state index contributed by atoms with van der Waals surface area (Å²) in [6, 6.07) is 15.5. The normalized spacial score (nSPS) is 12.4. The van der Waals surface area contributed by atoms with Crippen LogP contribution in [0.4, 0.5) is 5.69 Å². The highest BCUT2D eigenvalue weighted by Crippen LogP contribution is 2.34. The molecule has 0 saturated carbocycles. The third kappa shape index (κ3) is 3.15. The maximum absolute atomic E-state index is 12.3. The molecule has 8 heteroatoms. The van der Waals surface area contributed by atoms with Crippen molar-refractivity contribution in [3.8, 4) is 11.3 Å². The van der Waals surface area contributed by atoms with E-state index < -0.39 is 20.0 Å². The third-order valence-electron chi connectivity index (χ3n) is 3.50. The van der Waals surface area contributed by atoms with Crippen molar-refractivity contribution in [1.29, 1.82) is 0 Å². The smallest absolute Gasteiger partial charge is 0.236 e. The molecule has 0 unspecified atom stereocenters. The number of hydrogen-bond acceptors (Lipinski definition) is 4. The van der Waals surface area contributed by atoms with Gasteiger partial charge in [-0.05, 0) is 18.2 Å². The molecule has 1 N–H and O–H groups in total. The average molecular weight is 364 g/mol. The van der Waals surface area contributed by atoms with Crippen LogP contribution in [0.3, 0.4) is 0 Å². The SMILES string of the molecule is CS(=O)(=O)Nc1ccccc1-c1cc2ccccc2n1S(C)(=O)=O. The number of fused-ring (bicyclic) bond motifs is 1. The lowest BCUT2D eigenvalue weighted by Crippen LogP contribution is -2.13. The molecule has 1 aromatic heterocycles. The molecule has 0 radical (unpaired) electrons. The van der Waals surface area contributed by atoms with E-state index in [1.807, 2.05) is 12.1 Å². The molecule has 24 heavy (non-hydrogen) atoms. The Labute approximate surface area is 140 Å². The number of nitrogens with zero attached hydrogens (tertiary/aromatic N) is 1. The monoisotopic (exact) mass is 364 g/mol. The van der Waals surface area contributed by atoms with Gasteiger partial charge >= 0.3 is 0 Å². The second-order valence-corrected chi connectivity index (χ2v) is 9.12. The Balaban J connectivity index is 2.36.